The van der Waals surface area contributed by atoms with E-state index in [-0.39, 0.29) is 5.84 Å². The molecule has 2 aliphatic rings. The zero-order valence-corrected chi connectivity index (χ0v) is 7.87. The van der Waals surface area contributed by atoms with Gasteiger partial charge in [-0.05, 0) is 24.8 Å². The zero-order chi connectivity index (χ0) is 9.47. The van der Waals surface area contributed by atoms with E-state index in [4.69, 9.17) is 5.73 Å². The summed E-state index contributed by atoms with van der Waals surface area (Å²) in [7, 11) is -3.52. The second-order valence-corrected chi connectivity index (χ2v) is 4.87. The summed E-state index contributed by atoms with van der Waals surface area (Å²) in [6.45, 7) is 0.537. The van der Waals surface area contributed by atoms with Crippen molar-refractivity contribution in [1.29, 1.82) is 0 Å². The highest BCUT2D eigenvalue weighted by Gasteiger charge is 2.29. The van der Waals surface area contributed by atoms with Gasteiger partial charge in [0.15, 0.2) is 0 Å². The second kappa shape index (κ2) is 2.73. The lowest BCUT2D eigenvalue weighted by atomic mass is 10.4. The maximum atomic E-state index is 11.4. The number of amidine groups is 1. The maximum Gasteiger partial charge on any atom is 0.346 e. The molecule has 1 fully saturated rings. The lowest BCUT2D eigenvalue weighted by molar-refractivity contribution is 0.481. The van der Waals surface area contributed by atoms with Crippen molar-refractivity contribution in [2.75, 3.05) is 6.54 Å². The van der Waals surface area contributed by atoms with Crippen molar-refractivity contribution in [2.45, 2.75) is 12.8 Å². The molecular weight excluding hydrogens is 190 g/mol. The Labute approximate surface area is 77.1 Å². The van der Waals surface area contributed by atoms with E-state index in [0.29, 0.717) is 12.5 Å². The summed E-state index contributed by atoms with van der Waals surface area (Å²) in [4.78, 5) is 0. The quantitative estimate of drug-likeness (QED) is 0.673. The smallest absolute Gasteiger partial charge is 0.346 e. The van der Waals surface area contributed by atoms with Crippen LogP contribution in [0.3, 0.4) is 0 Å². The molecule has 0 atom stereocenters. The standard InChI is InChI=1S/C7H11N3O2S/c8-7-3-4-10(5-6-1-2-6)13(11,12)9-7/h3-4,6H,1-2,5H2,(H2,8,9). The molecule has 0 radical (unpaired) electrons. The molecule has 1 saturated carbocycles. The van der Waals surface area contributed by atoms with E-state index in [1.54, 1.807) is 0 Å². The van der Waals surface area contributed by atoms with Gasteiger partial charge in [-0.2, -0.15) is 8.42 Å². The van der Waals surface area contributed by atoms with Gasteiger partial charge in [0.25, 0.3) is 0 Å². The Bertz CT molecular complexity index is 367. The van der Waals surface area contributed by atoms with Crippen LogP contribution in [0.5, 0.6) is 0 Å². The molecule has 0 unspecified atom stereocenters. The third-order valence-corrected chi connectivity index (χ3v) is 3.37. The average molecular weight is 201 g/mol. The van der Waals surface area contributed by atoms with E-state index >= 15 is 0 Å². The van der Waals surface area contributed by atoms with Crippen LogP contribution >= 0.6 is 0 Å². The zero-order valence-electron chi connectivity index (χ0n) is 7.05. The minimum Gasteiger partial charge on any atom is -0.383 e. The molecule has 0 aromatic rings. The van der Waals surface area contributed by atoms with Crippen molar-refractivity contribution in [1.82, 2.24) is 4.31 Å². The van der Waals surface area contributed by atoms with Crippen molar-refractivity contribution < 1.29 is 8.42 Å². The van der Waals surface area contributed by atoms with Gasteiger partial charge in [0.05, 0.1) is 0 Å². The van der Waals surface area contributed by atoms with Gasteiger partial charge in [-0.25, -0.2) is 0 Å². The molecule has 0 aromatic heterocycles. The third-order valence-electron chi connectivity index (χ3n) is 2.06. The van der Waals surface area contributed by atoms with Gasteiger partial charge in [-0.3, -0.25) is 4.31 Å². The van der Waals surface area contributed by atoms with Crippen LogP contribution in [0.25, 0.3) is 0 Å². The van der Waals surface area contributed by atoms with Crippen LogP contribution < -0.4 is 5.73 Å². The van der Waals surface area contributed by atoms with Gasteiger partial charge in [0.2, 0.25) is 0 Å². The van der Waals surface area contributed by atoms with Crippen molar-refractivity contribution in [3.05, 3.63) is 12.3 Å². The molecule has 0 amide bonds. The average Bonchev–Trinajstić information content (AvgIpc) is 2.77. The fraction of sp³-hybridized carbons (Fsp3) is 0.571. The Hall–Kier alpha value is -1.04. The fourth-order valence-electron chi connectivity index (χ4n) is 1.16. The van der Waals surface area contributed by atoms with Crippen LogP contribution in [0.2, 0.25) is 0 Å². The Morgan fingerprint density at radius 1 is 1.62 bits per heavy atom. The molecule has 0 spiro atoms. The molecule has 2 N–H and O–H groups in total. The van der Waals surface area contributed by atoms with Crippen molar-refractivity contribution in [3.8, 4) is 0 Å². The van der Waals surface area contributed by atoms with E-state index < -0.39 is 10.2 Å². The normalized spacial score (nSPS) is 25.8. The van der Waals surface area contributed by atoms with Crippen LogP contribution in [0.15, 0.2) is 16.7 Å². The maximum absolute atomic E-state index is 11.4. The van der Waals surface area contributed by atoms with Gasteiger partial charge in [-0.1, -0.05) is 0 Å². The summed E-state index contributed by atoms with van der Waals surface area (Å²) >= 11 is 0. The minimum atomic E-state index is -3.52. The molecule has 2 rings (SSSR count). The molecule has 1 aliphatic heterocycles. The number of hydrogen-bond acceptors (Lipinski definition) is 3. The van der Waals surface area contributed by atoms with E-state index in [1.165, 1.54) is 16.6 Å². The third kappa shape index (κ3) is 1.82. The number of rotatable bonds is 2. The summed E-state index contributed by atoms with van der Waals surface area (Å²) in [5.41, 5.74) is 5.28. The van der Waals surface area contributed by atoms with Crippen molar-refractivity contribution in [3.63, 3.8) is 0 Å². The molecule has 0 saturated heterocycles. The topological polar surface area (TPSA) is 75.8 Å². The van der Waals surface area contributed by atoms with E-state index in [0.717, 1.165) is 12.8 Å². The van der Waals surface area contributed by atoms with Crippen LogP contribution in [0.1, 0.15) is 12.8 Å². The molecule has 1 aliphatic carbocycles. The first-order valence-corrected chi connectivity index (χ1v) is 5.53. The molecule has 72 valence electrons. The highest BCUT2D eigenvalue weighted by Crippen LogP contribution is 2.31. The predicted molar refractivity (Wildman–Crippen MR) is 49.1 cm³/mol. The van der Waals surface area contributed by atoms with Gasteiger partial charge < -0.3 is 5.73 Å². The van der Waals surface area contributed by atoms with Crippen LogP contribution in [0.4, 0.5) is 0 Å². The summed E-state index contributed by atoms with van der Waals surface area (Å²) in [6.07, 6.45) is 5.21. The first-order valence-electron chi connectivity index (χ1n) is 4.13. The van der Waals surface area contributed by atoms with Crippen molar-refractivity contribution >= 4 is 16.0 Å². The summed E-state index contributed by atoms with van der Waals surface area (Å²) in [6, 6.07) is 0. The number of nitrogens with two attached hydrogens (primary N) is 1. The van der Waals surface area contributed by atoms with Crippen LogP contribution in [-0.4, -0.2) is 25.1 Å². The second-order valence-electron chi connectivity index (χ2n) is 3.32. The number of nitrogens with zero attached hydrogens (tertiary/aromatic N) is 2. The van der Waals surface area contributed by atoms with Gasteiger partial charge in [-0.15, -0.1) is 4.40 Å². The minimum absolute atomic E-state index is 0.0482. The monoisotopic (exact) mass is 201 g/mol. The Morgan fingerprint density at radius 2 is 2.31 bits per heavy atom. The predicted octanol–water partition coefficient (Wildman–Crippen LogP) is -0.172. The summed E-state index contributed by atoms with van der Waals surface area (Å²) in [5.74, 6) is 0.556. The van der Waals surface area contributed by atoms with Gasteiger partial charge >= 0.3 is 10.2 Å². The Kier molecular flexibility index (Phi) is 1.80. The highest BCUT2D eigenvalue weighted by atomic mass is 32.2. The SMILES string of the molecule is NC1=NS(=O)(=O)N(CC2CC2)C=C1. The largest absolute Gasteiger partial charge is 0.383 e. The van der Waals surface area contributed by atoms with Crippen LogP contribution in [-0.2, 0) is 10.2 Å². The van der Waals surface area contributed by atoms with Gasteiger partial charge in [0.1, 0.15) is 5.84 Å². The molecule has 1 heterocycles. The summed E-state index contributed by atoms with van der Waals surface area (Å²) in [5, 5.41) is 0. The molecule has 0 bridgehead atoms. The number of hydrogen-bond donors (Lipinski definition) is 1. The molecular formula is C7H11N3O2S. The van der Waals surface area contributed by atoms with E-state index in [9.17, 15) is 8.42 Å². The Morgan fingerprint density at radius 3 is 2.85 bits per heavy atom. The molecule has 0 aromatic carbocycles. The van der Waals surface area contributed by atoms with Crippen LogP contribution in [0, 0.1) is 5.92 Å². The fourth-order valence-corrected chi connectivity index (χ4v) is 2.21. The Balaban J connectivity index is 2.16. The molecule has 13 heavy (non-hydrogen) atoms. The highest BCUT2D eigenvalue weighted by molar-refractivity contribution is 7.88. The van der Waals surface area contributed by atoms with Gasteiger partial charge in [0, 0.05) is 12.7 Å². The van der Waals surface area contributed by atoms with E-state index in [2.05, 4.69) is 4.40 Å². The lowest BCUT2D eigenvalue weighted by Crippen LogP contribution is -2.31. The van der Waals surface area contributed by atoms with E-state index in [1.807, 2.05) is 0 Å². The molecule has 5 nitrogen and oxygen atoms in total. The summed E-state index contributed by atoms with van der Waals surface area (Å²) < 4.78 is 27.4. The first kappa shape index (κ1) is 8.55. The van der Waals surface area contributed by atoms with Crippen molar-refractivity contribution in [2.24, 2.45) is 16.0 Å². The first-order chi connectivity index (χ1) is 6.08. The lowest BCUT2D eigenvalue weighted by Gasteiger charge is -2.19. The molecule has 6 heteroatoms.